The highest BCUT2D eigenvalue weighted by atomic mass is 32.2. The van der Waals surface area contributed by atoms with E-state index in [4.69, 9.17) is 10.9 Å². The Hall–Kier alpha value is -1.71. The molecule has 0 radical (unpaired) electrons. The van der Waals surface area contributed by atoms with Crippen molar-refractivity contribution in [3.63, 3.8) is 0 Å². The van der Waals surface area contributed by atoms with Crippen molar-refractivity contribution < 1.29 is 18.0 Å². The molecule has 0 aliphatic heterocycles. The first-order valence-corrected chi connectivity index (χ1v) is 7.64. The first-order chi connectivity index (χ1) is 9.33. The quantitative estimate of drug-likeness (QED) is 0.179. The number of amidine groups is 1. The van der Waals surface area contributed by atoms with Gasteiger partial charge >= 0.3 is 0 Å². The van der Waals surface area contributed by atoms with Gasteiger partial charge in [-0.25, -0.2) is 17.5 Å². The Bertz CT molecular complexity index is 589. The maximum Gasteiger partial charge on any atom is 0.208 e. The summed E-state index contributed by atoms with van der Waals surface area (Å²) >= 11 is 0. The van der Waals surface area contributed by atoms with Crippen molar-refractivity contribution in [2.45, 2.75) is 6.54 Å². The second kappa shape index (κ2) is 7.17. The number of nitrogens with one attached hydrogen (secondary N) is 2. The highest BCUT2D eigenvalue weighted by Crippen LogP contribution is 2.10. The Balaban J connectivity index is 2.49. The molecule has 0 saturated carbocycles. The fraction of sp³-hybridized carbons (Fsp3) is 0.364. The highest BCUT2D eigenvalue weighted by molar-refractivity contribution is 7.88. The van der Waals surface area contributed by atoms with Crippen LogP contribution in [0.2, 0.25) is 0 Å². The SMILES string of the molecule is CS(=O)(=O)NCCNCc1ccc(C(N)=NO)cc1F. The second-order valence-electron chi connectivity index (χ2n) is 4.13. The molecule has 0 saturated heterocycles. The Kier molecular flexibility index (Phi) is 5.86. The molecule has 0 atom stereocenters. The summed E-state index contributed by atoms with van der Waals surface area (Å²) < 4.78 is 37.6. The van der Waals surface area contributed by atoms with E-state index < -0.39 is 15.8 Å². The summed E-state index contributed by atoms with van der Waals surface area (Å²) in [6.07, 6.45) is 1.07. The fourth-order valence-corrected chi connectivity index (χ4v) is 1.93. The van der Waals surface area contributed by atoms with Crippen LogP contribution in [0.5, 0.6) is 0 Å². The van der Waals surface area contributed by atoms with Crippen LogP contribution in [0, 0.1) is 5.82 Å². The standard InChI is InChI=1S/C11H17FN4O3S/c1-20(18,19)15-5-4-14-7-9-3-2-8(6-10(9)12)11(13)16-17/h2-3,6,14-15,17H,4-5,7H2,1H3,(H2,13,16). The molecule has 0 heterocycles. The van der Waals surface area contributed by atoms with E-state index in [-0.39, 0.29) is 24.5 Å². The molecule has 7 nitrogen and oxygen atoms in total. The lowest BCUT2D eigenvalue weighted by Gasteiger charge is -2.07. The molecule has 0 bridgehead atoms. The molecule has 112 valence electrons. The Morgan fingerprint density at radius 3 is 2.70 bits per heavy atom. The largest absolute Gasteiger partial charge is 0.409 e. The summed E-state index contributed by atoms with van der Waals surface area (Å²) in [5, 5.41) is 14.2. The minimum atomic E-state index is -3.21. The molecule has 0 aliphatic carbocycles. The molecule has 0 fully saturated rings. The van der Waals surface area contributed by atoms with Gasteiger partial charge in [0.1, 0.15) is 5.82 Å². The number of halogens is 1. The molecule has 1 aromatic carbocycles. The second-order valence-corrected chi connectivity index (χ2v) is 5.97. The average molecular weight is 304 g/mol. The number of hydrogen-bond donors (Lipinski definition) is 4. The van der Waals surface area contributed by atoms with Gasteiger partial charge in [-0.15, -0.1) is 0 Å². The van der Waals surface area contributed by atoms with Crippen LogP contribution in [0.25, 0.3) is 0 Å². The molecule has 0 spiro atoms. The summed E-state index contributed by atoms with van der Waals surface area (Å²) in [6, 6.07) is 4.21. The monoisotopic (exact) mass is 304 g/mol. The van der Waals surface area contributed by atoms with E-state index in [1.54, 1.807) is 0 Å². The van der Waals surface area contributed by atoms with Crippen molar-refractivity contribution >= 4 is 15.9 Å². The third-order valence-electron chi connectivity index (χ3n) is 2.44. The van der Waals surface area contributed by atoms with Crippen LogP contribution < -0.4 is 15.8 Å². The highest BCUT2D eigenvalue weighted by Gasteiger charge is 2.06. The van der Waals surface area contributed by atoms with Gasteiger partial charge in [-0.05, 0) is 6.07 Å². The number of oxime groups is 1. The minimum Gasteiger partial charge on any atom is -0.409 e. The van der Waals surface area contributed by atoms with Gasteiger partial charge in [0.2, 0.25) is 10.0 Å². The topological polar surface area (TPSA) is 117 Å². The van der Waals surface area contributed by atoms with E-state index in [1.165, 1.54) is 18.2 Å². The van der Waals surface area contributed by atoms with Gasteiger partial charge in [0.15, 0.2) is 5.84 Å². The van der Waals surface area contributed by atoms with E-state index >= 15 is 0 Å². The molecule has 0 aromatic heterocycles. The van der Waals surface area contributed by atoms with Crippen molar-refractivity contribution in [3.8, 4) is 0 Å². The van der Waals surface area contributed by atoms with Crippen LogP contribution in [0.3, 0.4) is 0 Å². The molecular weight excluding hydrogens is 287 g/mol. The van der Waals surface area contributed by atoms with Gasteiger partial charge in [0.05, 0.1) is 6.26 Å². The van der Waals surface area contributed by atoms with Crippen LogP contribution in [0.4, 0.5) is 4.39 Å². The van der Waals surface area contributed by atoms with Gasteiger partial charge in [-0.2, -0.15) is 0 Å². The van der Waals surface area contributed by atoms with Crippen molar-refractivity contribution in [3.05, 3.63) is 35.1 Å². The van der Waals surface area contributed by atoms with E-state index in [1.807, 2.05) is 0 Å². The molecular formula is C11H17FN4O3S. The normalized spacial score (nSPS) is 12.6. The Morgan fingerprint density at radius 2 is 2.15 bits per heavy atom. The van der Waals surface area contributed by atoms with E-state index in [9.17, 15) is 12.8 Å². The smallest absolute Gasteiger partial charge is 0.208 e. The van der Waals surface area contributed by atoms with Gasteiger partial charge in [-0.1, -0.05) is 17.3 Å². The first kappa shape index (κ1) is 16.3. The molecule has 1 aromatic rings. The molecule has 20 heavy (non-hydrogen) atoms. The lowest BCUT2D eigenvalue weighted by molar-refractivity contribution is 0.318. The van der Waals surface area contributed by atoms with Crippen molar-refractivity contribution in [1.29, 1.82) is 0 Å². The number of hydrogen-bond acceptors (Lipinski definition) is 5. The van der Waals surface area contributed by atoms with Crippen LogP contribution in [-0.2, 0) is 16.6 Å². The number of nitrogens with two attached hydrogens (primary N) is 1. The summed E-state index contributed by atoms with van der Waals surface area (Å²) in [7, 11) is -3.21. The molecule has 9 heteroatoms. The summed E-state index contributed by atoms with van der Waals surface area (Å²) in [6.45, 7) is 0.838. The van der Waals surface area contributed by atoms with Crippen LogP contribution in [-0.4, -0.2) is 38.8 Å². The van der Waals surface area contributed by atoms with E-state index in [0.29, 0.717) is 12.1 Å². The van der Waals surface area contributed by atoms with Crippen molar-refractivity contribution in [1.82, 2.24) is 10.0 Å². The molecule has 1 rings (SSSR count). The predicted octanol–water partition coefficient (Wildman–Crippen LogP) is -0.441. The van der Waals surface area contributed by atoms with Crippen LogP contribution in [0.1, 0.15) is 11.1 Å². The predicted molar refractivity (Wildman–Crippen MR) is 73.5 cm³/mol. The Morgan fingerprint density at radius 1 is 1.45 bits per heavy atom. The van der Waals surface area contributed by atoms with E-state index in [0.717, 1.165) is 6.26 Å². The first-order valence-electron chi connectivity index (χ1n) is 5.75. The lowest BCUT2D eigenvalue weighted by Crippen LogP contribution is -2.31. The number of sulfonamides is 1. The van der Waals surface area contributed by atoms with Crippen LogP contribution in [0.15, 0.2) is 23.4 Å². The molecule has 0 aliphatic rings. The maximum atomic E-state index is 13.7. The summed E-state index contributed by atoms with van der Waals surface area (Å²) in [5.41, 5.74) is 6.03. The number of benzene rings is 1. The Labute approximate surface area is 116 Å². The third kappa shape index (κ3) is 5.51. The molecule has 5 N–H and O–H groups in total. The number of nitrogens with zero attached hydrogens (tertiary/aromatic N) is 1. The zero-order valence-electron chi connectivity index (χ0n) is 10.9. The zero-order chi connectivity index (χ0) is 15.2. The summed E-state index contributed by atoms with van der Waals surface area (Å²) in [4.78, 5) is 0. The lowest BCUT2D eigenvalue weighted by atomic mass is 10.1. The average Bonchev–Trinajstić information content (AvgIpc) is 2.37. The number of rotatable bonds is 7. The summed E-state index contributed by atoms with van der Waals surface area (Å²) in [5.74, 6) is -0.654. The van der Waals surface area contributed by atoms with Crippen molar-refractivity contribution in [2.75, 3.05) is 19.3 Å². The van der Waals surface area contributed by atoms with Crippen molar-refractivity contribution in [2.24, 2.45) is 10.9 Å². The zero-order valence-corrected chi connectivity index (χ0v) is 11.7. The molecule has 0 amide bonds. The fourth-order valence-electron chi connectivity index (χ4n) is 1.46. The molecule has 0 unspecified atom stereocenters. The minimum absolute atomic E-state index is 0.166. The van der Waals surface area contributed by atoms with Crippen LogP contribution >= 0.6 is 0 Å². The van der Waals surface area contributed by atoms with Gasteiger partial charge in [0.25, 0.3) is 0 Å². The van der Waals surface area contributed by atoms with Gasteiger partial charge in [0, 0.05) is 30.8 Å². The maximum absolute atomic E-state index is 13.7. The van der Waals surface area contributed by atoms with E-state index in [2.05, 4.69) is 15.2 Å². The van der Waals surface area contributed by atoms with Gasteiger partial charge in [-0.3, -0.25) is 0 Å². The van der Waals surface area contributed by atoms with Gasteiger partial charge < -0.3 is 16.3 Å². The third-order valence-corrected chi connectivity index (χ3v) is 3.17.